The highest BCUT2D eigenvalue weighted by Crippen LogP contribution is 2.29. The van der Waals surface area contributed by atoms with Gasteiger partial charge in [0.1, 0.15) is 0 Å². The summed E-state index contributed by atoms with van der Waals surface area (Å²) in [6.45, 7) is 9.35. The maximum Gasteiger partial charge on any atom is 0.254 e. The van der Waals surface area contributed by atoms with E-state index in [9.17, 15) is 4.79 Å². The summed E-state index contributed by atoms with van der Waals surface area (Å²) < 4.78 is 11.1. The van der Waals surface area contributed by atoms with Crippen molar-refractivity contribution >= 4 is 5.91 Å². The molecule has 0 radical (unpaired) electrons. The molecule has 1 aliphatic rings. The van der Waals surface area contributed by atoms with Crippen molar-refractivity contribution in [2.24, 2.45) is 0 Å². The van der Waals surface area contributed by atoms with Crippen molar-refractivity contribution in [2.75, 3.05) is 32.8 Å². The summed E-state index contributed by atoms with van der Waals surface area (Å²) in [6.07, 6.45) is 0. The topological polar surface area (TPSA) is 50.8 Å². The fraction of sp³-hybridized carbons (Fsp3) is 0.562. The molecule has 116 valence electrons. The van der Waals surface area contributed by atoms with E-state index < -0.39 is 0 Å². The number of carbonyl (C=O) groups excluding carboxylic acids is 1. The van der Waals surface area contributed by atoms with E-state index in [4.69, 9.17) is 9.47 Å². The van der Waals surface area contributed by atoms with E-state index in [-0.39, 0.29) is 5.91 Å². The highest BCUT2D eigenvalue weighted by atomic mass is 16.5. The van der Waals surface area contributed by atoms with Gasteiger partial charge in [0, 0.05) is 31.2 Å². The molecule has 0 saturated carbocycles. The first kappa shape index (κ1) is 15.6. The zero-order valence-electron chi connectivity index (χ0n) is 13.0. The number of piperazine rings is 1. The molecular weight excluding hydrogens is 268 g/mol. The van der Waals surface area contributed by atoms with Gasteiger partial charge < -0.3 is 19.7 Å². The van der Waals surface area contributed by atoms with E-state index in [0.29, 0.717) is 36.3 Å². The quantitative estimate of drug-likeness (QED) is 0.901. The molecule has 21 heavy (non-hydrogen) atoms. The minimum atomic E-state index is 0.0485. The number of hydrogen-bond acceptors (Lipinski definition) is 4. The standard InChI is InChI=1S/C16H24N2O3/c1-4-20-14-7-6-13(10-15(14)21-5-2)16(19)18-9-8-17-12(3)11-18/h6-7,10,12,17H,4-5,8-9,11H2,1-3H3/t12-/m1/s1. The second kappa shape index (κ2) is 7.31. The molecule has 1 aromatic carbocycles. The number of benzene rings is 1. The fourth-order valence-corrected chi connectivity index (χ4v) is 2.48. The molecule has 0 aromatic heterocycles. The largest absolute Gasteiger partial charge is 0.490 e. The molecule has 1 amide bonds. The van der Waals surface area contributed by atoms with Crippen LogP contribution in [0.2, 0.25) is 0 Å². The Balaban J connectivity index is 2.18. The van der Waals surface area contributed by atoms with Crippen LogP contribution in [0.5, 0.6) is 11.5 Å². The molecule has 5 heteroatoms. The van der Waals surface area contributed by atoms with Crippen LogP contribution < -0.4 is 14.8 Å². The lowest BCUT2D eigenvalue weighted by Crippen LogP contribution is -2.51. The molecule has 1 N–H and O–H groups in total. The Hall–Kier alpha value is -1.75. The summed E-state index contributed by atoms with van der Waals surface area (Å²) in [6, 6.07) is 5.73. The van der Waals surface area contributed by atoms with Crippen LogP contribution in [0.4, 0.5) is 0 Å². The molecule has 2 rings (SSSR count). The summed E-state index contributed by atoms with van der Waals surface area (Å²) in [5.74, 6) is 1.37. The summed E-state index contributed by atoms with van der Waals surface area (Å²) in [7, 11) is 0. The molecule has 1 heterocycles. The normalized spacial score (nSPS) is 18.4. The van der Waals surface area contributed by atoms with Crippen molar-refractivity contribution in [3.05, 3.63) is 23.8 Å². The fourth-order valence-electron chi connectivity index (χ4n) is 2.48. The number of ether oxygens (including phenoxy) is 2. The molecule has 1 saturated heterocycles. The highest BCUT2D eigenvalue weighted by molar-refractivity contribution is 5.95. The Morgan fingerprint density at radius 2 is 2.00 bits per heavy atom. The van der Waals surface area contributed by atoms with Crippen molar-refractivity contribution in [3.63, 3.8) is 0 Å². The first-order chi connectivity index (χ1) is 10.2. The average Bonchev–Trinajstić information content (AvgIpc) is 2.49. The van der Waals surface area contributed by atoms with Gasteiger partial charge in [-0.2, -0.15) is 0 Å². The van der Waals surface area contributed by atoms with Crippen molar-refractivity contribution < 1.29 is 14.3 Å². The Labute approximate surface area is 126 Å². The summed E-state index contributed by atoms with van der Waals surface area (Å²) in [5.41, 5.74) is 0.649. The van der Waals surface area contributed by atoms with Crippen LogP contribution in [0.3, 0.4) is 0 Å². The Morgan fingerprint density at radius 3 is 2.67 bits per heavy atom. The number of nitrogens with zero attached hydrogens (tertiary/aromatic N) is 1. The van der Waals surface area contributed by atoms with Crippen LogP contribution in [0.15, 0.2) is 18.2 Å². The minimum Gasteiger partial charge on any atom is -0.490 e. The van der Waals surface area contributed by atoms with Crippen molar-refractivity contribution in [3.8, 4) is 11.5 Å². The molecule has 1 fully saturated rings. The summed E-state index contributed by atoms with van der Waals surface area (Å²) in [5, 5.41) is 3.34. The van der Waals surface area contributed by atoms with Crippen molar-refractivity contribution in [2.45, 2.75) is 26.8 Å². The zero-order valence-corrected chi connectivity index (χ0v) is 13.0. The van der Waals surface area contributed by atoms with Gasteiger partial charge in [0.25, 0.3) is 5.91 Å². The van der Waals surface area contributed by atoms with Crippen molar-refractivity contribution in [1.82, 2.24) is 10.2 Å². The molecular formula is C16H24N2O3. The smallest absolute Gasteiger partial charge is 0.254 e. The van der Waals surface area contributed by atoms with E-state index in [1.807, 2.05) is 30.9 Å². The van der Waals surface area contributed by atoms with Gasteiger partial charge in [0.2, 0.25) is 0 Å². The van der Waals surface area contributed by atoms with E-state index >= 15 is 0 Å². The maximum atomic E-state index is 12.6. The molecule has 0 bridgehead atoms. The van der Waals surface area contributed by atoms with Gasteiger partial charge in [-0.25, -0.2) is 0 Å². The first-order valence-corrected chi connectivity index (χ1v) is 7.58. The zero-order chi connectivity index (χ0) is 15.2. The monoisotopic (exact) mass is 292 g/mol. The molecule has 1 aromatic rings. The van der Waals surface area contributed by atoms with Gasteiger partial charge in [-0.1, -0.05) is 0 Å². The second-order valence-electron chi connectivity index (χ2n) is 5.13. The van der Waals surface area contributed by atoms with Gasteiger partial charge in [-0.3, -0.25) is 4.79 Å². The Morgan fingerprint density at radius 1 is 1.29 bits per heavy atom. The van der Waals surface area contributed by atoms with E-state index in [1.165, 1.54) is 0 Å². The number of carbonyl (C=O) groups is 1. The van der Waals surface area contributed by atoms with Crippen LogP contribution in [0.1, 0.15) is 31.1 Å². The number of amides is 1. The lowest BCUT2D eigenvalue weighted by Gasteiger charge is -2.32. The SMILES string of the molecule is CCOc1ccc(C(=O)N2CCN[C@H](C)C2)cc1OCC. The van der Waals surface area contributed by atoms with E-state index in [2.05, 4.69) is 12.2 Å². The van der Waals surface area contributed by atoms with E-state index in [0.717, 1.165) is 19.6 Å². The Kier molecular flexibility index (Phi) is 5.44. The lowest BCUT2D eigenvalue weighted by molar-refractivity contribution is 0.0708. The third kappa shape index (κ3) is 3.88. The van der Waals surface area contributed by atoms with Crippen LogP contribution in [0.25, 0.3) is 0 Å². The van der Waals surface area contributed by atoms with Crippen LogP contribution >= 0.6 is 0 Å². The number of hydrogen-bond donors (Lipinski definition) is 1. The van der Waals surface area contributed by atoms with Crippen LogP contribution in [-0.2, 0) is 0 Å². The third-order valence-electron chi connectivity index (χ3n) is 3.45. The number of rotatable bonds is 5. The molecule has 5 nitrogen and oxygen atoms in total. The number of nitrogens with one attached hydrogen (secondary N) is 1. The molecule has 1 atom stereocenters. The molecule has 1 aliphatic heterocycles. The van der Waals surface area contributed by atoms with Gasteiger partial charge in [-0.05, 0) is 39.0 Å². The minimum absolute atomic E-state index is 0.0485. The van der Waals surface area contributed by atoms with Gasteiger partial charge in [-0.15, -0.1) is 0 Å². The van der Waals surface area contributed by atoms with Crippen LogP contribution in [-0.4, -0.2) is 49.7 Å². The average molecular weight is 292 g/mol. The van der Waals surface area contributed by atoms with Gasteiger partial charge in [0.15, 0.2) is 11.5 Å². The predicted octanol–water partition coefficient (Wildman–Crippen LogP) is 1.92. The van der Waals surface area contributed by atoms with Crippen LogP contribution in [0, 0.1) is 0 Å². The van der Waals surface area contributed by atoms with E-state index in [1.54, 1.807) is 6.07 Å². The summed E-state index contributed by atoms with van der Waals surface area (Å²) >= 11 is 0. The van der Waals surface area contributed by atoms with Crippen molar-refractivity contribution in [1.29, 1.82) is 0 Å². The van der Waals surface area contributed by atoms with Gasteiger partial charge in [0.05, 0.1) is 13.2 Å². The molecule has 0 unspecified atom stereocenters. The summed E-state index contributed by atoms with van der Waals surface area (Å²) in [4.78, 5) is 14.5. The maximum absolute atomic E-state index is 12.6. The van der Waals surface area contributed by atoms with Gasteiger partial charge >= 0.3 is 0 Å². The lowest BCUT2D eigenvalue weighted by atomic mass is 10.1. The predicted molar refractivity (Wildman–Crippen MR) is 82.1 cm³/mol. The Bertz CT molecular complexity index is 490. The third-order valence-corrected chi connectivity index (χ3v) is 3.45. The highest BCUT2D eigenvalue weighted by Gasteiger charge is 2.22. The molecule has 0 spiro atoms. The first-order valence-electron chi connectivity index (χ1n) is 7.58. The second-order valence-corrected chi connectivity index (χ2v) is 5.13. The molecule has 0 aliphatic carbocycles.